The van der Waals surface area contributed by atoms with Crippen LogP contribution in [0.3, 0.4) is 0 Å². The van der Waals surface area contributed by atoms with Gasteiger partial charge in [-0.1, -0.05) is 48.0 Å². The number of hydrogen-bond acceptors (Lipinski definition) is 9. The molecule has 12 heteroatoms. The summed E-state index contributed by atoms with van der Waals surface area (Å²) in [6, 6.07) is 15.7. The van der Waals surface area contributed by atoms with Crippen LogP contribution in [0.4, 0.5) is 9.59 Å². The molecule has 0 aromatic heterocycles. The molecule has 1 aliphatic rings. The van der Waals surface area contributed by atoms with Crippen LogP contribution >= 0.6 is 19.0 Å². The number of esters is 1. The van der Waals surface area contributed by atoms with Gasteiger partial charge in [-0.25, -0.2) is 14.5 Å². The SMILES string of the molecule is CCOP1(=O)CCN(Cc2ccccc2-c2cccc(Cl)c2)C[C@@]1(CCCCN(C(=O)OC(C)(C)C)C(=O)OC(C)(C)C)C(=O)OC(C)(C)C. The fourth-order valence-corrected chi connectivity index (χ4v) is 9.11. The number of unbranched alkanes of at least 4 members (excludes halogenated alkanes) is 1. The minimum Gasteiger partial charge on any atom is -0.459 e. The zero-order valence-electron chi connectivity index (χ0n) is 31.5. The van der Waals surface area contributed by atoms with E-state index in [-0.39, 0.29) is 32.3 Å². The molecule has 1 unspecified atom stereocenters. The van der Waals surface area contributed by atoms with Crippen LogP contribution < -0.4 is 0 Å². The number of amides is 2. The van der Waals surface area contributed by atoms with Gasteiger partial charge in [-0.3, -0.25) is 14.3 Å². The number of benzene rings is 2. The Labute approximate surface area is 303 Å². The van der Waals surface area contributed by atoms with E-state index in [4.69, 9.17) is 30.3 Å². The molecular weight excluding hydrogens is 679 g/mol. The van der Waals surface area contributed by atoms with E-state index in [1.54, 1.807) is 69.2 Å². The second-order valence-electron chi connectivity index (χ2n) is 15.8. The van der Waals surface area contributed by atoms with E-state index in [0.29, 0.717) is 31.0 Å². The van der Waals surface area contributed by atoms with E-state index in [0.717, 1.165) is 21.6 Å². The van der Waals surface area contributed by atoms with Crippen LogP contribution in [0.25, 0.3) is 11.1 Å². The summed E-state index contributed by atoms with van der Waals surface area (Å²) >= 11 is 6.33. The van der Waals surface area contributed by atoms with E-state index in [9.17, 15) is 18.9 Å². The first-order chi connectivity index (χ1) is 23.1. The lowest BCUT2D eigenvalue weighted by molar-refractivity contribution is -0.160. The smallest absolute Gasteiger partial charge is 0.419 e. The molecule has 0 radical (unpaired) electrons. The van der Waals surface area contributed by atoms with Crippen molar-refractivity contribution in [1.82, 2.24) is 9.80 Å². The van der Waals surface area contributed by atoms with Gasteiger partial charge in [0.25, 0.3) is 0 Å². The Morgan fingerprint density at radius 3 is 2.02 bits per heavy atom. The molecule has 1 saturated heterocycles. The summed E-state index contributed by atoms with van der Waals surface area (Å²) in [6.07, 6.45) is -0.687. The molecule has 1 fully saturated rings. The highest BCUT2D eigenvalue weighted by Crippen LogP contribution is 2.64. The molecule has 1 aliphatic heterocycles. The third kappa shape index (κ3) is 11.6. The fourth-order valence-electron chi connectivity index (χ4n) is 5.92. The first kappa shape index (κ1) is 41.5. The Bertz CT molecular complexity index is 1520. The average molecular weight is 735 g/mol. The molecule has 2 aromatic rings. The normalized spacial score (nSPS) is 20.2. The quantitative estimate of drug-likeness (QED) is 0.0964. The maximum absolute atomic E-state index is 14.9. The minimum atomic E-state index is -3.60. The van der Waals surface area contributed by atoms with Gasteiger partial charge in [-0.05, 0) is 117 Å². The molecule has 3 rings (SSSR count). The van der Waals surface area contributed by atoms with Crippen LogP contribution in [-0.4, -0.2) is 82.3 Å². The molecule has 0 spiro atoms. The lowest BCUT2D eigenvalue weighted by Crippen LogP contribution is -2.56. The van der Waals surface area contributed by atoms with Crippen LogP contribution in [0.2, 0.25) is 5.02 Å². The second kappa shape index (κ2) is 16.6. The van der Waals surface area contributed by atoms with Gasteiger partial charge >= 0.3 is 18.2 Å². The number of carbonyl (C=O) groups is 3. The third-order valence-electron chi connectivity index (χ3n) is 7.96. The zero-order valence-corrected chi connectivity index (χ0v) is 33.1. The largest absolute Gasteiger partial charge is 0.459 e. The summed E-state index contributed by atoms with van der Waals surface area (Å²) in [5.74, 6) is -0.578. The maximum atomic E-state index is 14.9. The van der Waals surface area contributed by atoms with Crippen molar-refractivity contribution < 1.29 is 37.7 Å². The number of halogens is 1. The van der Waals surface area contributed by atoms with Gasteiger partial charge in [0.05, 0.1) is 6.61 Å². The first-order valence-electron chi connectivity index (χ1n) is 17.3. The number of rotatable bonds is 11. The predicted octanol–water partition coefficient (Wildman–Crippen LogP) is 9.56. The van der Waals surface area contributed by atoms with Crippen molar-refractivity contribution in [2.75, 3.05) is 32.4 Å². The Kier molecular flexibility index (Phi) is 13.8. The highest BCUT2D eigenvalue weighted by Gasteiger charge is 2.59. The summed E-state index contributed by atoms with van der Waals surface area (Å²) in [7, 11) is -3.60. The van der Waals surface area contributed by atoms with Crippen LogP contribution in [0.1, 0.15) is 94.1 Å². The van der Waals surface area contributed by atoms with Crippen molar-refractivity contribution in [1.29, 1.82) is 0 Å². The maximum Gasteiger partial charge on any atom is 0.419 e. The van der Waals surface area contributed by atoms with Crippen molar-refractivity contribution in [2.24, 2.45) is 0 Å². The predicted molar refractivity (Wildman–Crippen MR) is 198 cm³/mol. The topological polar surface area (TPSA) is 112 Å². The summed E-state index contributed by atoms with van der Waals surface area (Å²) in [5, 5.41) is -0.851. The first-order valence-corrected chi connectivity index (χ1v) is 19.5. The van der Waals surface area contributed by atoms with Crippen molar-refractivity contribution in [3.05, 3.63) is 59.1 Å². The van der Waals surface area contributed by atoms with Crippen LogP contribution in [-0.2, 0) is 34.6 Å². The number of hydrogen-bond donors (Lipinski definition) is 0. The molecular formula is C38H56ClN2O8P. The van der Waals surface area contributed by atoms with Gasteiger partial charge in [0.1, 0.15) is 16.8 Å². The Hall–Kier alpha value is -2.91. The summed E-state index contributed by atoms with van der Waals surface area (Å²) < 4.78 is 37.9. The van der Waals surface area contributed by atoms with E-state index in [1.807, 2.05) is 48.5 Å². The molecule has 0 saturated carbocycles. The number of carbonyl (C=O) groups excluding carboxylic acids is 3. The van der Waals surface area contributed by atoms with Crippen molar-refractivity contribution in [3.63, 3.8) is 0 Å². The molecule has 2 aromatic carbocycles. The second-order valence-corrected chi connectivity index (χ2v) is 19.1. The Morgan fingerprint density at radius 2 is 1.46 bits per heavy atom. The van der Waals surface area contributed by atoms with E-state index >= 15 is 0 Å². The van der Waals surface area contributed by atoms with Crippen LogP contribution in [0.5, 0.6) is 0 Å². The molecule has 2 atom stereocenters. The number of nitrogens with zero attached hydrogens (tertiary/aromatic N) is 2. The number of imide groups is 1. The highest BCUT2D eigenvalue weighted by molar-refractivity contribution is 7.62. The molecule has 0 N–H and O–H groups in total. The van der Waals surface area contributed by atoms with E-state index in [2.05, 4.69) is 4.90 Å². The summed E-state index contributed by atoms with van der Waals surface area (Å²) in [4.78, 5) is 43.6. The fraction of sp³-hybridized carbons (Fsp3) is 0.605. The van der Waals surface area contributed by atoms with Gasteiger partial charge in [0.2, 0.25) is 7.37 Å². The van der Waals surface area contributed by atoms with Gasteiger partial charge in [-0.2, -0.15) is 0 Å². The van der Waals surface area contributed by atoms with Crippen molar-refractivity contribution in [3.8, 4) is 11.1 Å². The van der Waals surface area contributed by atoms with E-state index < -0.39 is 47.5 Å². The van der Waals surface area contributed by atoms with Gasteiger partial charge in [-0.15, -0.1) is 0 Å². The molecule has 278 valence electrons. The van der Waals surface area contributed by atoms with Gasteiger partial charge in [0.15, 0.2) is 5.16 Å². The third-order valence-corrected chi connectivity index (χ3v) is 11.5. The van der Waals surface area contributed by atoms with Gasteiger partial charge in [0, 0.05) is 37.4 Å². The molecule has 0 bridgehead atoms. The average Bonchev–Trinajstić information content (AvgIpc) is 2.96. The van der Waals surface area contributed by atoms with Crippen LogP contribution in [0.15, 0.2) is 48.5 Å². The summed E-state index contributed by atoms with van der Waals surface area (Å²) in [5.41, 5.74) is 0.515. The molecule has 50 heavy (non-hydrogen) atoms. The zero-order chi connectivity index (χ0) is 37.5. The monoisotopic (exact) mass is 734 g/mol. The molecule has 1 heterocycles. The molecule has 0 aliphatic carbocycles. The van der Waals surface area contributed by atoms with Crippen molar-refractivity contribution >= 4 is 37.1 Å². The lowest BCUT2D eigenvalue weighted by Gasteiger charge is -2.46. The van der Waals surface area contributed by atoms with Crippen molar-refractivity contribution in [2.45, 2.75) is 117 Å². The molecule has 10 nitrogen and oxygen atoms in total. The Balaban J connectivity index is 1.95. The lowest BCUT2D eigenvalue weighted by atomic mass is 9.96. The van der Waals surface area contributed by atoms with Crippen LogP contribution in [0, 0.1) is 0 Å². The van der Waals surface area contributed by atoms with E-state index in [1.165, 1.54) is 0 Å². The number of ether oxygens (including phenoxy) is 3. The molecule has 2 amide bonds. The standard InChI is InChI=1S/C38H56ClN2O8P/c1-11-46-50(45)24-23-40(26-29-17-12-13-20-31(29)28-18-16-19-30(39)25-28)27-38(50,32(42)47-35(2,3)4)21-14-15-22-41(33(43)48-36(5,6)7)34(44)49-37(8,9)10/h12-13,16-20,25H,11,14-15,21-24,26-27H2,1-10H3/t38-,50?/m0/s1. The minimum absolute atomic E-state index is 0.0239. The van der Waals surface area contributed by atoms with Gasteiger partial charge < -0.3 is 18.7 Å². The summed E-state index contributed by atoms with van der Waals surface area (Å²) in [6.45, 7) is 18.7. The highest BCUT2D eigenvalue weighted by atomic mass is 35.5. The Morgan fingerprint density at radius 1 is 0.860 bits per heavy atom.